The number of aliphatic hydroxyl groups excluding tert-OH is 1. The summed E-state index contributed by atoms with van der Waals surface area (Å²) < 4.78 is 6.16. The van der Waals surface area contributed by atoms with Crippen molar-refractivity contribution < 1.29 is 14.9 Å². The molecule has 1 aliphatic carbocycles. The molecular formula is C18H24O3. The third kappa shape index (κ3) is 2.02. The van der Waals surface area contributed by atoms with E-state index in [0.29, 0.717) is 18.4 Å². The van der Waals surface area contributed by atoms with Crippen molar-refractivity contribution in [3.63, 3.8) is 0 Å². The number of allylic oxidation sites excluding steroid dienone is 1. The summed E-state index contributed by atoms with van der Waals surface area (Å²) in [5.74, 6) is 1.12. The van der Waals surface area contributed by atoms with Gasteiger partial charge in [-0.2, -0.15) is 0 Å². The lowest BCUT2D eigenvalue weighted by molar-refractivity contribution is -0.165. The highest BCUT2D eigenvalue weighted by molar-refractivity contribution is 5.37. The van der Waals surface area contributed by atoms with E-state index in [2.05, 4.69) is 26.8 Å². The molecule has 0 saturated carbocycles. The van der Waals surface area contributed by atoms with Crippen molar-refractivity contribution >= 4 is 0 Å². The normalized spacial score (nSPS) is 39.0. The van der Waals surface area contributed by atoms with Crippen LogP contribution in [0, 0.1) is 23.2 Å². The maximum atomic E-state index is 10.2. The summed E-state index contributed by atoms with van der Waals surface area (Å²) in [4.78, 5) is 0. The highest BCUT2D eigenvalue weighted by Crippen LogP contribution is 2.56. The lowest BCUT2D eigenvalue weighted by atomic mass is 9.56. The number of para-hydroxylation sites is 1. The maximum Gasteiger partial charge on any atom is 0.121 e. The lowest BCUT2D eigenvalue weighted by Gasteiger charge is -2.55. The zero-order valence-corrected chi connectivity index (χ0v) is 12.9. The first-order valence-corrected chi connectivity index (χ1v) is 7.70. The summed E-state index contributed by atoms with van der Waals surface area (Å²) in [6.07, 6.45) is 2.14. The fraction of sp³-hybridized carbons (Fsp3) is 0.556. The molecule has 3 heteroatoms. The Hall–Kier alpha value is -1.32. The van der Waals surface area contributed by atoms with E-state index in [1.807, 2.05) is 18.2 Å². The molecule has 0 aromatic heterocycles. The van der Waals surface area contributed by atoms with E-state index in [1.54, 1.807) is 6.07 Å². The van der Waals surface area contributed by atoms with E-state index in [1.165, 1.54) is 5.57 Å². The number of phenols is 1. The van der Waals surface area contributed by atoms with Gasteiger partial charge in [0, 0.05) is 16.9 Å². The molecule has 1 fully saturated rings. The Bertz CT molecular complexity index is 565. The fourth-order valence-corrected chi connectivity index (χ4v) is 4.30. The summed E-state index contributed by atoms with van der Waals surface area (Å²) in [5.41, 5.74) is 1.95. The Labute approximate surface area is 126 Å². The van der Waals surface area contributed by atoms with E-state index in [0.717, 1.165) is 5.56 Å². The van der Waals surface area contributed by atoms with Gasteiger partial charge < -0.3 is 14.9 Å². The topological polar surface area (TPSA) is 49.7 Å². The number of benzene rings is 1. The first-order chi connectivity index (χ1) is 10.0. The molecule has 1 aliphatic heterocycles. The molecule has 0 amide bonds. The fourth-order valence-electron chi connectivity index (χ4n) is 4.30. The van der Waals surface area contributed by atoms with Crippen LogP contribution in [0.2, 0.25) is 0 Å². The first-order valence-electron chi connectivity index (χ1n) is 7.70. The minimum absolute atomic E-state index is 0.135. The molecule has 5 atom stereocenters. The molecule has 1 aromatic carbocycles. The Morgan fingerprint density at radius 3 is 2.67 bits per heavy atom. The molecule has 3 rings (SSSR count). The zero-order valence-electron chi connectivity index (χ0n) is 12.9. The van der Waals surface area contributed by atoms with E-state index in [4.69, 9.17) is 4.74 Å². The SMILES string of the molecule is CC1=C[C@@H](C)[C@@]2(CO)CO[C@@H](c3ccccc3O)[C@@H]1[C@H]2C. The van der Waals surface area contributed by atoms with Crippen molar-refractivity contribution in [2.75, 3.05) is 13.2 Å². The van der Waals surface area contributed by atoms with Crippen LogP contribution in [0.3, 0.4) is 0 Å². The van der Waals surface area contributed by atoms with Gasteiger partial charge in [0.1, 0.15) is 5.75 Å². The van der Waals surface area contributed by atoms with Gasteiger partial charge in [-0.05, 0) is 24.8 Å². The Morgan fingerprint density at radius 1 is 1.29 bits per heavy atom. The number of aliphatic hydroxyl groups is 1. The Morgan fingerprint density at radius 2 is 2.00 bits per heavy atom. The van der Waals surface area contributed by atoms with Crippen molar-refractivity contribution in [2.24, 2.45) is 23.2 Å². The predicted octanol–water partition coefficient (Wildman–Crippen LogP) is 3.29. The van der Waals surface area contributed by atoms with Crippen LogP contribution in [0.4, 0.5) is 0 Å². The largest absolute Gasteiger partial charge is 0.508 e. The van der Waals surface area contributed by atoms with Crippen molar-refractivity contribution in [2.45, 2.75) is 26.9 Å². The van der Waals surface area contributed by atoms with Crippen molar-refractivity contribution in [3.8, 4) is 5.75 Å². The third-order valence-corrected chi connectivity index (χ3v) is 5.79. The molecule has 2 aliphatic rings. The number of hydrogen-bond donors (Lipinski definition) is 2. The van der Waals surface area contributed by atoms with Crippen molar-refractivity contribution in [1.29, 1.82) is 0 Å². The summed E-state index contributed by atoms with van der Waals surface area (Å²) in [7, 11) is 0. The van der Waals surface area contributed by atoms with Crippen LogP contribution in [-0.4, -0.2) is 23.4 Å². The number of ether oxygens (including phenoxy) is 1. The van der Waals surface area contributed by atoms with E-state index < -0.39 is 0 Å². The van der Waals surface area contributed by atoms with Gasteiger partial charge in [0.25, 0.3) is 0 Å². The van der Waals surface area contributed by atoms with E-state index in [-0.39, 0.29) is 29.8 Å². The standard InChI is InChI=1S/C18H24O3/c1-11-8-12(2)18(9-19)10-21-17(16(11)13(18)3)14-6-4-5-7-15(14)20/h4-8,12-13,16-17,19-20H,9-10H2,1-3H3/t12-,13-,16+,17+,18-/m1/s1. The molecule has 2 N–H and O–H groups in total. The van der Waals surface area contributed by atoms with Crippen molar-refractivity contribution in [1.82, 2.24) is 0 Å². The number of aromatic hydroxyl groups is 1. The van der Waals surface area contributed by atoms with Crippen LogP contribution in [0.15, 0.2) is 35.9 Å². The summed E-state index contributed by atoms with van der Waals surface area (Å²) in [6.45, 7) is 7.19. The Kier molecular flexibility index (Phi) is 3.58. The zero-order chi connectivity index (χ0) is 15.2. The van der Waals surface area contributed by atoms with E-state index >= 15 is 0 Å². The van der Waals surface area contributed by atoms with Gasteiger partial charge in [-0.3, -0.25) is 0 Å². The molecule has 2 bridgehead atoms. The molecule has 0 radical (unpaired) electrons. The molecule has 1 saturated heterocycles. The van der Waals surface area contributed by atoms with Crippen LogP contribution >= 0.6 is 0 Å². The van der Waals surface area contributed by atoms with Gasteiger partial charge in [0.2, 0.25) is 0 Å². The highest BCUT2D eigenvalue weighted by Gasteiger charge is 2.53. The van der Waals surface area contributed by atoms with Crippen LogP contribution in [-0.2, 0) is 4.74 Å². The Balaban J connectivity index is 2.06. The van der Waals surface area contributed by atoms with Crippen LogP contribution in [0.5, 0.6) is 5.75 Å². The van der Waals surface area contributed by atoms with E-state index in [9.17, 15) is 10.2 Å². The van der Waals surface area contributed by atoms with Crippen LogP contribution in [0.25, 0.3) is 0 Å². The average Bonchev–Trinajstić information content (AvgIpc) is 2.46. The first kappa shape index (κ1) is 14.6. The molecule has 0 unspecified atom stereocenters. The number of fused-ring (bicyclic) bond motifs is 2. The van der Waals surface area contributed by atoms with Crippen LogP contribution in [0.1, 0.15) is 32.4 Å². The smallest absolute Gasteiger partial charge is 0.121 e. The van der Waals surface area contributed by atoms with Crippen LogP contribution < -0.4 is 0 Å². The molecule has 114 valence electrons. The van der Waals surface area contributed by atoms with Crippen molar-refractivity contribution in [3.05, 3.63) is 41.5 Å². The second-order valence-corrected chi connectivity index (χ2v) is 6.70. The summed E-state index contributed by atoms with van der Waals surface area (Å²) in [6, 6.07) is 7.40. The summed E-state index contributed by atoms with van der Waals surface area (Å²) in [5, 5.41) is 20.1. The second kappa shape index (κ2) is 5.15. The quantitative estimate of drug-likeness (QED) is 0.821. The molecule has 0 spiro atoms. The minimum atomic E-state index is -0.203. The number of phenolic OH excluding ortho intramolecular Hbond substituents is 1. The molecule has 1 aromatic rings. The number of hydrogen-bond acceptors (Lipinski definition) is 3. The molecule has 1 heterocycles. The predicted molar refractivity (Wildman–Crippen MR) is 81.9 cm³/mol. The lowest BCUT2D eigenvalue weighted by Crippen LogP contribution is -2.53. The molecular weight excluding hydrogens is 264 g/mol. The summed E-state index contributed by atoms with van der Waals surface area (Å²) >= 11 is 0. The monoisotopic (exact) mass is 288 g/mol. The van der Waals surface area contributed by atoms with Gasteiger partial charge >= 0.3 is 0 Å². The average molecular weight is 288 g/mol. The maximum absolute atomic E-state index is 10.2. The van der Waals surface area contributed by atoms with Gasteiger partial charge in [-0.1, -0.05) is 43.7 Å². The molecule has 21 heavy (non-hydrogen) atoms. The van der Waals surface area contributed by atoms with Gasteiger partial charge in [-0.15, -0.1) is 0 Å². The van der Waals surface area contributed by atoms with Gasteiger partial charge in [0.05, 0.1) is 19.3 Å². The molecule has 3 nitrogen and oxygen atoms in total. The van der Waals surface area contributed by atoms with Gasteiger partial charge in [0.15, 0.2) is 0 Å². The van der Waals surface area contributed by atoms with Gasteiger partial charge in [-0.25, -0.2) is 0 Å². The number of rotatable bonds is 2. The minimum Gasteiger partial charge on any atom is -0.508 e. The third-order valence-electron chi connectivity index (χ3n) is 5.79. The highest BCUT2D eigenvalue weighted by atomic mass is 16.5. The second-order valence-electron chi connectivity index (χ2n) is 6.70.